The molecular formula is C21H25BFNO2. The third-order valence-electron chi connectivity index (χ3n) is 5.96. The van der Waals surface area contributed by atoms with Crippen molar-refractivity contribution < 1.29 is 13.7 Å². The molecule has 0 spiro atoms. The summed E-state index contributed by atoms with van der Waals surface area (Å²) in [7, 11) is -0.696. The Morgan fingerprint density at radius 1 is 1.08 bits per heavy atom. The number of hydrogen-bond acceptors (Lipinski definition) is 3. The number of pyridine rings is 1. The summed E-state index contributed by atoms with van der Waals surface area (Å²) >= 11 is 0. The van der Waals surface area contributed by atoms with Crippen LogP contribution in [-0.4, -0.2) is 23.3 Å². The van der Waals surface area contributed by atoms with Gasteiger partial charge >= 0.3 is 7.12 Å². The second-order valence-electron chi connectivity index (χ2n) is 8.53. The normalized spacial score (nSPS) is 21.2. The maximum absolute atomic E-state index is 14.9. The lowest BCUT2D eigenvalue weighted by atomic mass is 9.77. The molecule has 5 heteroatoms. The van der Waals surface area contributed by atoms with Crippen molar-refractivity contribution in [2.24, 2.45) is 0 Å². The van der Waals surface area contributed by atoms with Crippen molar-refractivity contribution in [3.63, 3.8) is 0 Å². The smallest absolute Gasteiger partial charge is 0.399 e. The van der Waals surface area contributed by atoms with Crippen molar-refractivity contribution in [2.75, 3.05) is 0 Å². The fourth-order valence-corrected chi connectivity index (χ4v) is 3.35. The molecule has 1 aromatic heterocycles. The average molecular weight is 353 g/mol. The number of aryl methyl sites for hydroxylation is 1. The van der Waals surface area contributed by atoms with Gasteiger partial charge in [0.1, 0.15) is 5.82 Å². The van der Waals surface area contributed by atoms with Gasteiger partial charge in [0.2, 0.25) is 0 Å². The van der Waals surface area contributed by atoms with Gasteiger partial charge < -0.3 is 9.31 Å². The molecule has 2 aliphatic rings. The highest BCUT2D eigenvalue weighted by atomic mass is 19.1. The first kappa shape index (κ1) is 17.7. The van der Waals surface area contributed by atoms with Gasteiger partial charge in [-0.3, -0.25) is 4.98 Å². The van der Waals surface area contributed by atoms with Crippen LogP contribution in [0.4, 0.5) is 4.39 Å². The molecule has 2 aromatic rings. The molecule has 26 heavy (non-hydrogen) atoms. The SMILES string of the molecule is Cc1cc(B2OC(C)(C)C(C)(C)O2)c(F)cc1-c1ccc(C2CC2)cn1. The molecule has 4 rings (SSSR count). The van der Waals surface area contributed by atoms with Crippen LogP contribution >= 0.6 is 0 Å². The zero-order chi connectivity index (χ0) is 18.7. The molecule has 0 atom stereocenters. The van der Waals surface area contributed by atoms with Crippen molar-refractivity contribution in [3.8, 4) is 11.3 Å². The maximum atomic E-state index is 14.9. The molecule has 1 aliphatic carbocycles. The van der Waals surface area contributed by atoms with E-state index in [4.69, 9.17) is 9.31 Å². The Morgan fingerprint density at radius 3 is 2.27 bits per heavy atom. The molecule has 2 heterocycles. The van der Waals surface area contributed by atoms with Crippen LogP contribution in [0.15, 0.2) is 30.5 Å². The van der Waals surface area contributed by atoms with E-state index < -0.39 is 18.3 Å². The third kappa shape index (κ3) is 2.97. The van der Waals surface area contributed by atoms with Crippen LogP contribution in [0.5, 0.6) is 0 Å². The van der Waals surface area contributed by atoms with E-state index in [0.29, 0.717) is 11.4 Å². The van der Waals surface area contributed by atoms with Gasteiger partial charge in [-0.15, -0.1) is 0 Å². The highest BCUT2D eigenvalue weighted by Crippen LogP contribution is 2.40. The molecule has 1 saturated heterocycles. The number of aromatic nitrogens is 1. The summed E-state index contributed by atoms with van der Waals surface area (Å²) in [4.78, 5) is 4.56. The third-order valence-corrected chi connectivity index (χ3v) is 5.96. The molecule has 2 fully saturated rings. The van der Waals surface area contributed by atoms with E-state index >= 15 is 0 Å². The largest absolute Gasteiger partial charge is 0.497 e. The van der Waals surface area contributed by atoms with Crippen LogP contribution in [0.1, 0.15) is 57.6 Å². The quantitative estimate of drug-likeness (QED) is 0.768. The van der Waals surface area contributed by atoms with Crippen LogP contribution in [-0.2, 0) is 9.31 Å². The molecule has 1 saturated carbocycles. The Hall–Kier alpha value is -1.72. The van der Waals surface area contributed by atoms with Crippen molar-refractivity contribution in [1.82, 2.24) is 4.98 Å². The zero-order valence-electron chi connectivity index (χ0n) is 16.1. The van der Waals surface area contributed by atoms with Crippen LogP contribution in [0.25, 0.3) is 11.3 Å². The Balaban J connectivity index is 1.65. The van der Waals surface area contributed by atoms with Gasteiger partial charge in [-0.2, -0.15) is 0 Å². The van der Waals surface area contributed by atoms with Crippen molar-refractivity contribution in [1.29, 1.82) is 0 Å². The summed E-state index contributed by atoms with van der Waals surface area (Å²) in [5.41, 5.74) is 3.31. The summed E-state index contributed by atoms with van der Waals surface area (Å²) in [6.45, 7) is 9.85. The Bertz CT molecular complexity index is 828. The van der Waals surface area contributed by atoms with Gasteiger partial charge in [0.05, 0.1) is 16.9 Å². The van der Waals surface area contributed by atoms with E-state index in [0.717, 1.165) is 16.8 Å². The number of benzene rings is 1. The number of rotatable bonds is 3. The standard InChI is InChI=1S/C21H25BFNO2/c1-13-10-17(22-25-20(2,3)21(4,5)26-22)18(23)11-16(13)19-9-8-15(12-24-19)14-6-7-14/h8-12,14H,6-7H2,1-5H3. The second-order valence-corrected chi connectivity index (χ2v) is 8.53. The lowest BCUT2D eigenvalue weighted by Gasteiger charge is -2.32. The molecule has 0 unspecified atom stereocenters. The minimum absolute atomic E-state index is 0.322. The minimum Gasteiger partial charge on any atom is -0.399 e. The predicted molar refractivity (Wildman–Crippen MR) is 102 cm³/mol. The molecule has 3 nitrogen and oxygen atoms in total. The van der Waals surface area contributed by atoms with Crippen LogP contribution < -0.4 is 5.46 Å². The first-order chi connectivity index (χ1) is 12.2. The molecule has 1 aliphatic heterocycles. The topological polar surface area (TPSA) is 31.4 Å². The van der Waals surface area contributed by atoms with Crippen molar-refractivity contribution in [2.45, 2.75) is 64.6 Å². The summed E-state index contributed by atoms with van der Waals surface area (Å²) in [6.07, 6.45) is 4.42. The molecule has 0 amide bonds. The molecule has 0 bridgehead atoms. The van der Waals surface area contributed by atoms with Gasteiger partial charge in [-0.25, -0.2) is 4.39 Å². The van der Waals surface area contributed by atoms with Crippen LogP contribution in [0.3, 0.4) is 0 Å². The predicted octanol–water partition coefficient (Wildman–Crippen LogP) is 4.37. The summed E-state index contributed by atoms with van der Waals surface area (Å²) in [6, 6.07) is 7.47. The van der Waals surface area contributed by atoms with Crippen molar-refractivity contribution >= 4 is 12.6 Å². The van der Waals surface area contributed by atoms with E-state index in [2.05, 4.69) is 11.1 Å². The van der Waals surface area contributed by atoms with E-state index in [1.165, 1.54) is 18.4 Å². The number of halogens is 1. The highest BCUT2D eigenvalue weighted by Gasteiger charge is 2.52. The molecule has 1 aromatic carbocycles. The lowest BCUT2D eigenvalue weighted by Crippen LogP contribution is -2.41. The van der Waals surface area contributed by atoms with Gasteiger partial charge in [-0.05, 0) is 76.6 Å². The maximum Gasteiger partial charge on any atom is 0.497 e. The van der Waals surface area contributed by atoms with Gasteiger partial charge in [-0.1, -0.05) is 12.1 Å². The van der Waals surface area contributed by atoms with E-state index in [9.17, 15) is 4.39 Å². The number of hydrogen-bond donors (Lipinski definition) is 0. The molecular weight excluding hydrogens is 328 g/mol. The fraction of sp³-hybridized carbons (Fsp3) is 0.476. The van der Waals surface area contributed by atoms with Crippen LogP contribution in [0, 0.1) is 12.7 Å². The molecule has 0 N–H and O–H groups in total. The molecule has 136 valence electrons. The van der Waals surface area contributed by atoms with E-state index in [-0.39, 0.29) is 5.82 Å². The lowest BCUT2D eigenvalue weighted by molar-refractivity contribution is 0.00578. The molecule has 0 radical (unpaired) electrons. The Morgan fingerprint density at radius 2 is 1.73 bits per heavy atom. The highest BCUT2D eigenvalue weighted by molar-refractivity contribution is 6.62. The first-order valence-corrected chi connectivity index (χ1v) is 9.30. The van der Waals surface area contributed by atoms with E-state index in [1.807, 2.05) is 52.9 Å². The number of nitrogens with zero attached hydrogens (tertiary/aromatic N) is 1. The van der Waals surface area contributed by atoms with Crippen molar-refractivity contribution in [3.05, 3.63) is 47.4 Å². The Kier molecular flexibility index (Phi) is 4.01. The average Bonchev–Trinajstić information content (AvgIpc) is 3.37. The summed E-state index contributed by atoms with van der Waals surface area (Å²) in [5, 5.41) is 0. The summed E-state index contributed by atoms with van der Waals surface area (Å²) < 4.78 is 26.9. The minimum atomic E-state index is -0.696. The summed E-state index contributed by atoms with van der Waals surface area (Å²) in [5.74, 6) is 0.345. The van der Waals surface area contributed by atoms with Crippen LogP contribution in [0.2, 0.25) is 0 Å². The Labute approximate surface area is 155 Å². The van der Waals surface area contributed by atoms with E-state index in [1.54, 1.807) is 6.07 Å². The zero-order valence-corrected chi connectivity index (χ0v) is 16.1. The van der Waals surface area contributed by atoms with Gasteiger partial charge in [0.25, 0.3) is 0 Å². The first-order valence-electron chi connectivity index (χ1n) is 9.30. The second kappa shape index (κ2) is 5.90. The monoisotopic (exact) mass is 353 g/mol. The van der Waals surface area contributed by atoms with Gasteiger partial charge in [0, 0.05) is 17.2 Å². The van der Waals surface area contributed by atoms with Gasteiger partial charge in [0.15, 0.2) is 0 Å². The fourth-order valence-electron chi connectivity index (χ4n) is 3.35.